The fourth-order valence-electron chi connectivity index (χ4n) is 6.89. The third-order valence-electron chi connectivity index (χ3n) is 8.73. The first-order valence-electron chi connectivity index (χ1n) is 14.2. The Hall–Kier alpha value is -5.40. The van der Waals surface area contributed by atoms with Gasteiger partial charge in [-0.05, 0) is 73.1 Å². The molecular formula is C40H25N. The Morgan fingerprint density at radius 2 is 0.951 bits per heavy atom. The minimum atomic E-state index is 1.17. The first-order chi connectivity index (χ1) is 20.3. The Morgan fingerprint density at radius 1 is 0.341 bits per heavy atom. The van der Waals surface area contributed by atoms with Crippen LogP contribution >= 0.6 is 0 Å². The Kier molecular flexibility index (Phi) is 4.67. The van der Waals surface area contributed by atoms with Crippen molar-refractivity contribution in [1.29, 1.82) is 0 Å². The minimum absolute atomic E-state index is 1.17. The molecule has 0 atom stereocenters. The first-order valence-corrected chi connectivity index (χ1v) is 14.2. The van der Waals surface area contributed by atoms with Gasteiger partial charge < -0.3 is 4.57 Å². The lowest BCUT2D eigenvalue weighted by atomic mass is 9.93. The van der Waals surface area contributed by atoms with E-state index in [0.29, 0.717) is 0 Å². The summed E-state index contributed by atoms with van der Waals surface area (Å²) in [6, 6.07) is 55.5. The number of nitrogens with zero attached hydrogens (tertiary/aromatic N) is 1. The van der Waals surface area contributed by atoms with Crippen LogP contribution in [0.5, 0.6) is 0 Å². The summed E-state index contributed by atoms with van der Waals surface area (Å²) in [5, 5.41) is 12.9. The van der Waals surface area contributed by atoms with E-state index >= 15 is 0 Å². The second-order valence-corrected chi connectivity index (χ2v) is 10.9. The number of hydrogen-bond donors (Lipinski definition) is 0. The van der Waals surface area contributed by atoms with Crippen molar-refractivity contribution in [1.82, 2.24) is 4.57 Å². The number of para-hydroxylation sites is 1. The van der Waals surface area contributed by atoms with Crippen LogP contribution in [-0.4, -0.2) is 4.57 Å². The maximum atomic E-state index is 2.46. The van der Waals surface area contributed by atoms with Gasteiger partial charge in [-0.1, -0.05) is 127 Å². The van der Waals surface area contributed by atoms with Gasteiger partial charge in [-0.3, -0.25) is 0 Å². The Balaban J connectivity index is 1.36. The van der Waals surface area contributed by atoms with Crippen LogP contribution in [0.1, 0.15) is 0 Å². The van der Waals surface area contributed by atoms with Crippen molar-refractivity contribution in [3.63, 3.8) is 0 Å². The summed E-state index contributed by atoms with van der Waals surface area (Å²) in [7, 11) is 0. The van der Waals surface area contributed by atoms with Gasteiger partial charge in [-0.25, -0.2) is 0 Å². The molecule has 1 heteroatoms. The van der Waals surface area contributed by atoms with E-state index in [4.69, 9.17) is 0 Å². The molecule has 0 spiro atoms. The van der Waals surface area contributed by atoms with Crippen molar-refractivity contribution in [2.24, 2.45) is 0 Å². The third-order valence-corrected chi connectivity index (χ3v) is 8.73. The normalized spacial score (nSPS) is 11.9. The molecule has 1 nitrogen and oxygen atoms in total. The first kappa shape index (κ1) is 22.4. The largest absolute Gasteiger partial charge is 0.309 e. The van der Waals surface area contributed by atoms with E-state index in [0.717, 1.165) is 0 Å². The fraction of sp³-hybridized carbons (Fsp3) is 0. The summed E-state index contributed by atoms with van der Waals surface area (Å²) < 4.78 is 2.46. The van der Waals surface area contributed by atoms with Gasteiger partial charge in [-0.15, -0.1) is 0 Å². The van der Waals surface area contributed by atoms with Gasteiger partial charge in [0.1, 0.15) is 0 Å². The highest BCUT2D eigenvalue weighted by Crippen LogP contribution is 2.44. The molecule has 0 aliphatic heterocycles. The molecule has 0 saturated carbocycles. The summed E-state index contributed by atoms with van der Waals surface area (Å²) in [5.74, 6) is 0. The van der Waals surface area contributed by atoms with Crippen LogP contribution < -0.4 is 0 Å². The predicted octanol–water partition coefficient (Wildman–Crippen LogP) is 11.1. The number of fused-ring (bicyclic) bond motifs is 11. The van der Waals surface area contributed by atoms with Crippen LogP contribution in [0.15, 0.2) is 152 Å². The van der Waals surface area contributed by atoms with Crippen molar-refractivity contribution < 1.29 is 0 Å². The quantitative estimate of drug-likeness (QED) is 0.200. The molecule has 0 unspecified atom stereocenters. The molecule has 8 aromatic carbocycles. The molecule has 9 aromatic rings. The van der Waals surface area contributed by atoms with Gasteiger partial charge in [-0.2, -0.15) is 0 Å². The Morgan fingerprint density at radius 3 is 1.78 bits per heavy atom. The second kappa shape index (κ2) is 8.55. The van der Waals surface area contributed by atoms with Crippen LogP contribution in [0.4, 0.5) is 0 Å². The van der Waals surface area contributed by atoms with E-state index in [2.05, 4.69) is 156 Å². The second-order valence-electron chi connectivity index (χ2n) is 10.9. The van der Waals surface area contributed by atoms with E-state index in [1.54, 1.807) is 0 Å². The summed E-state index contributed by atoms with van der Waals surface area (Å²) in [4.78, 5) is 0. The maximum Gasteiger partial charge on any atom is 0.0625 e. The molecule has 0 bridgehead atoms. The summed E-state index contributed by atoms with van der Waals surface area (Å²) in [5.41, 5.74) is 6.13. The number of benzene rings is 8. The van der Waals surface area contributed by atoms with Gasteiger partial charge in [0, 0.05) is 21.8 Å². The zero-order valence-electron chi connectivity index (χ0n) is 22.4. The zero-order chi connectivity index (χ0) is 26.9. The van der Waals surface area contributed by atoms with Gasteiger partial charge in [0.25, 0.3) is 0 Å². The minimum Gasteiger partial charge on any atom is -0.309 e. The SMILES string of the molecule is c1ccc2cc(-c3ccc(-n4c5ccccc5c5c6ccc7ccccc7c6c6ccccc6c54)cc3)ccc2c1. The molecule has 190 valence electrons. The average Bonchev–Trinajstić information content (AvgIpc) is 3.40. The van der Waals surface area contributed by atoms with Crippen LogP contribution in [0, 0.1) is 0 Å². The molecule has 0 aliphatic carbocycles. The Labute approximate surface area is 237 Å². The molecule has 0 N–H and O–H groups in total. The Bertz CT molecular complexity index is 2460. The lowest BCUT2D eigenvalue weighted by molar-refractivity contribution is 1.19. The van der Waals surface area contributed by atoms with Crippen molar-refractivity contribution in [3.05, 3.63) is 152 Å². The molecule has 1 heterocycles. The van der Waals surface area contributed by atoms with E-state index in [9.17, 15) is 0 Å². The van der Waals surface area contributed by atoms with E-state index < -0.39 is 0 Å². The summed E-state index contributed by atoms with van der Waals surface area (Å²) in [6.07, 6.45) is 0. The van der Waals surface area contributed by atoms with Crippen LogP contribution in [0.2, 0.25) is 0 Å². The highest BCUT2D eigenvalue weighted by molar-refractivity contribution is 6.36. The molecule has 1 aromatic heterocycles. The monoisotopic (exact) mass is 519 g/mol. The topological polar surface area (TPSA) is 4.93 Å². The van der Waals surface area contributed by atoms with Crippen LogP contribution in [0.25, 0.3) is 81.7 Å². The molecule has 0 aliphatic rings. The zero-order valence-corrected chi connectivity index (χ0v) is 22.4. The lowest BCUT2D eigenvalue weighted by Crippen LogP contribution is -1.95. The van der Waals surface area contributed by atoms with Gasteiger partial charge >= 0.3 is 0 Å². The van der Waals surface area contributed by atoms with Gasteiger partial charge in [0.2, 0.25) is 0 Å². The van der Waals surface area contributed by atoms with Crippen LogP contribution in [0.3, 0.4) is 0 Å². The lowest BCUT2D eigenvalue weighted by Gasteiger charge is -2.14. The molecule has 0 amide bonds. The van der Waals surface area contributed by atoms with Crippen molar-refractivity contribution in [2.75, 3.05) is 0 Å². The predicted molar refractivity (Wildman–Crippen MR) is 176 cm³/mol. The van der Waals surface area contributed by atoms with E-state index in [1.165, 1.54) is 81.7 Å². The third kappa shape index (κ3) is 3.24. The van der Waals surface area contributed by atoms with E-state index in [1.807, 2.05) is 0 Å². The van der Waals surface area contributed by atoms with Crippen molar-refractivity contribution in [2.45, 2.75) is 0 Å². The highest BCUT2D eigenvalue weighted by Gasteiger charge is 2.19. The molecule has 9 rings (SSSR count). The molecule has 0 fully saturated rings. The van der Waals surface area contributed by atoms with Gasteiger partial charge in [0.05, 0.1) is 11.0 Å². The van der Waals surface area contributed by atoms with Crippen LogP contribution in [-0.2, 0) is 0 Å². The number of rotatable bonds is 2. The highest BCUT2D eigenvalue weighted by atomic mass is 15.0. The summed E-state index contributed by atoms with van der Waals surface area (Å²) in [6.45, 7) is 0. The smallest absolute Gasteiger partial charge is 0.0625 e. The van der Waals surface area contributed by atoms with Crippen molar-refractivity contribution in [3.8, 4) is 16.8 Å². The fourth-order valence-corrected chi connectivity index (χ4v) is 6.89. The number of aromatic nitrogens is 1. The molecule has 41 heavy (non-hydrogen) atoms. The van der Waals surface area contributed by atoms with E-state index in [-0.39, 0.29) is 0 Å². The summed E-state index contributed by atoms with van der Waals surface area (Å²) >= 11 is 0. The standard InChI is InChI=1S/C40H25N/c1-2-11-29-25-30(18-17-26(29)9-1)27-19-22-31(23-20-27)41-37-16-8-7-15-35(37)39-36-24-21-28-10-3-4-12-32(28)38(36)33-13-5-6-14-34(33)40(39)41/h1-25H. The molecular weight excluding hydrogens is 494 g/mol. The number of hydrogen-bond acceptors (Lipinski definition) is 0. The molecule has 0 saturated heterocycles. The maximum absolute atomic E-state index is 2.46. The van der Waals surface area contributed by atoms with Gasteiger partial charge in [0.15, 0.2) is 0 Å². The molecule has 0 radical (unpaired) electrons. The van der Waals surface area contributed by atoms with Crippen molar-refractivity contribution >= 4 is 64.9 Å². The average molecular weight is 520 g/mol.